The first-order valence-electron chi connectivity index (χ1n) is 7.99. The molecule has 0 amide bonds. The fourth-order valence-corrected chi connectivity index (χ4v) is 3.14. The van der Waals surface area contributed by atoms with E-state index in [2.05, 4.69) is 4.90 Å². The Morgan fingerprint density at radius 2 is 2.00 bits per heavy atom. The third-order valence-electron chi connectivity index (χ3n) is 4.32. The van der Waals surface area contributed by atoms with Gasteiger partial charge in [0.25, 0.3) is 0 Å². The molecule has 2 fully saturated rings. The first kappa shape index (κ1) is 14.2. The van der Waals surface area contributed by atoms with E-state index in [-0.39, 0.29) is 11.7 Å². The number of ether oxygens (including phenoxy) is 1. The van der Waals surface area contributed by atoms with Gasteiger partial charge in [-0.15, -0.1) is 0 Å². The first-order chi connectivity index (χ1) is 10.2. The van der Waals surface area contributed by atoms with Crippen molar-refractivity contribution >= 4 is 11.7 Å². The summed E-state index contributed by atoms with van der Waals surface area (Å²) < 4.78 is 5.06. The number of nitrogens with zero attached hydrogens (tertiary/aromatic N) is 1. The van der Waals surface area contributed by atoms with Gasteiger partial charge in [0, 0.05) is 13.1 Å². The summed E-state index contributed by atoms with van der Waals surface area (Å²) in [4.78, 5) is 14.2. The maximum absolute atomic E-state index is 11.9. The van der Waals surface area contributed by atoms with Crippen LogP contribution in [0.4, 0.5) is 5.69 Å². The summed E-state index contributed by atoms with van der Waals surface area (Å²) in [7, 11) is 0. The van der Waals surface area contributed by atoms with Crippen molar-refractivity contribution in [1.29, 1.82) is 0 Å². The molecule has 21 heavy (non-hydrogen) atoms. The summed E-state index contributed by atoms with van der Waals surface area (Å²) in [5, 5.41) is 10.5. The fraction of sp³-hybridized carbons (Fsp3) is 0.588. The normalized spacial score (nSPS) is 18.6. The number of carbonyl (C=O) groups is 1. The van der Waals surface area contributed by atoms with Crippen LogP contribution in [0.3, 0.4) is 0 Å². The highest BCUT2D eigenvalue weighted by atomic mass is 16.5. The van der Waals surface area contributed by atoms with E-state index in [4.69, 9.17) is 4.74 Å². The number of phenolic OH excluding ortho intramolecular Hbond substituents is 1. The number of carbonyl (C=O) groups excluding carboxylic acids is 1. The van der Waals surface area contributed by atoms with Crippen LogP contribution in [0.2, 0.25) is 0 Å². The third kappa shape index (κ3) is 2.99. The van der Waals surface area contributed by atoms with E-state index in [1.807, 2.05) is 6.07 Å². The van der Waals surface area contributed by atoms with Gasteiger partial charge in [-0.1, -0.05) is 0 Å². The van der Waals surface area contributed by atoms with Crippen LogP contribution >= 0.6 is 0 Å². The number of rotatable bonds is 4. The topological polar surface area (TPSA) is 49.8 Å². The minimum absolute atomic E-state index is 0.226. The van der Waals surface area contributed by atoms with Crippen molar-refractivity contribution in [2.45, 2.75) is 44.9 Å². The molecule has 1 aromatic carbocycles. The molecule has 4 nitrogen and oxygen atoms in total. The molecule has 114 valence electrons. The van der Waals surface area contributed by atoms with Crippen molar-refractivity contribution in [2.24, 2.45) is 0 Å². The lowest BCUT2D eigenvalue weighted by Crippen LogP contribution is -2.30. The zero-order chi connectivity index (χ0) is 14.8. The van der Waals surface area contributed by atoms with E-state index >= 15 is 0 Å². The van der Waals surface area contributed by atoms with Gasteiger partial charge in [-0.25, -0.2) is 4.79 Å². The molecule has 3 rings (SSSR count). The number of anilines is 1. The number of hydrogen-bond acceptors (Lipinski definition) is 4. The summed E-state index contributed by atoms with van der Waals surface area (Å²) >= 11 is 0. The maximum Gasteiger partial charge on any atom is 0.338 e. The summed E-state index contributed by atoms with van der Waals surface area (Å²) in [5.41, 5.74) is 2.54. The molecule has 1 aromatic rings. The summed E-state index contributed by atoms with van der Waals surface area (Å²) in [5.74, 6) is 0.367. The predicted molar refractivity (Wildman–Crippen MR) is 82.1 cm³/mol. The molecule has 0 bridgehead atoms. The molecule has 0 radical (unpaired) electrons. The molecule has 0 unspecified atom stereocenters. The Morgan fingerprint density at radius 1 is 1.29 bits per heavy atom. The van der Waals surface area contributed by atoms with Crippen LogP contribution in [0.1, 0.15) is 60.9 Å². The summed E-state index contributed by atoms with van der Waals surface area (Å²) in [6.07, 6.45) is 5.89. The van der Waals surface area contributed by atoms with E-state index in [1.54, 1.807) is 13.0 Å². The number of aromatic hydroxyl groups is 1. The lowest BCUT2D eigenvalue weighted by atomic mass is 10.0. The Labute approximate surface area is 125 Å². The molecule has 1 N–H and O–H groups in total. The van der Waals surface area contributed by atoms with Gasteiger partial charge in [-0.2, -0.15) is 0 Å². The molecule has 2 aliphatic rings. The number of phenols is 1. The zero-order valence-corrected chi connectivity index (χ0v) is 12.6. The van der Waals surface area contributed by atoms with Crippen LogP contribution in [0.25, 0.3) is 0 Å². The van der Waals surface area contributed by atoms with Gasteiger partial charge < -0.3 is 14.7 Å². The highest BCUT2D eigenvalue weighted by Gasteiger charge is 2.31. The highest BCUT2D eigenvalue weighted by molar-refractivity contribution is 5.91. The highest BCUT2D eigenvalue weighted by Crippen LogP contribution is 2.48. The third-order valence-corrected chi connectivity index (χ3v) is 4.32. The van der Waals surface area contributed by atoms with E-state index < -0.39 is 0 Å². The minimum Gasteiger partial charge on any atom is -0.506 e. The summed E-state index contributed by atoms with van der Waals surface area (Å²) in [6.45, 7) is 4.13. The van der Waals surface area contributed by atoms with Crippen molar-refractivity contribution in [2.75, 3.05) is 24.6 Å². The van der Waals surface area contributed by atoms with Crippen LogP contribution in [-0.2, 0) is 4.74 Å². The summed E-state index contributed by atoms with van der Waals surface area (Å²) in [6, 6.07) is 3.49. The first-order valence-corrected chi connectivity index (χ1v) is 7.99. The maximum atomic E-state index is 11.9. The van der Waals surface area contributed by atoms with E-state index in [1.165, 1.54) is 19.3 Å². The predicted octanol–water partition coefficient (Wildman–Crippen LogP) is 3.44. The van der Waals surface area contributed by atoms with Crippen LogP contribution in [0.15, 0.2) is 12.1 Å². The van der Waals surface area contributed by atoms with Crippen molar-refractivity contribution in [3.8, 4) is 5.75 Å². The number of piperidine rings is 1. The Balaban J connectivity index is 1.97. The fourth-order valence-electron chi connectivity index (χ4n) is 3.14. The number of benzene rings is 1. The van der Waals surface area contributed by atoms with Crippen LogP contribution in [0, 0.1) is 0 Å². The molecule has 4 heteroatoms. The van der Waals surface area contributed by atoms with Crippen molar-refractivity contribution in [3.63, 3.8) is 0 Å². The Kier molecular flexibility index (Phi) is 4.04. The van der Waals surface area contributed by atoms with E-state index in [0.717, 1.165) is 37.2 Å². The molecule has 1 heterocycles. The van der Waals surface area contributed by atoms with Crippen LogP contribution < -0.4 is 4.90 Å². The number of hydrogen-bond donors (Lipinski definition) is 1. The molecule has 0 spiro atoms. The Hall–Kier alpha value is -1.71. The average Bonchev–Trinajstić information content (AvgIpc) is 3.32. The SMILES string of the molecule is CCOC(=O)c1cc(O)c(N2CCCCC2)c(C2CC2)c1. The zero-order valence-electron chi connectivity index (χ0n) is 12.6. The van der Waals surface area contributed by atoms with Gasteiger partial charge >= 0.3 is 5.97 Å². The lowest BCUT2D eigenvalue weighted by Gasteiger charge is -2.31. The van der Waals surface area contributed by atoms with Crippen LogP contribution in [-0.4, -0.2) is 30.8 Å². The van der Waals surface area contributed by atoms with Crippen LogP contribution in [0.5, 0.6) is 5.75 Å². The molecule has 1 aliphatic heterocycles. The molecule has 1 aliphatic carbocycles. The van der Waals surface area contributed by atoms with Gasteiger partial charge in [0.05, 0.1) is 17.9 Å². The van der Waals surface area contributed by atoms with Crippen molar-refractivity contribution in [1.82, 2.24) is 0 Å². The molecule has 1 saturated carbocycles. The second-order valence-electron chi connectivity index (χ2n) is 5.98. The molecular weight excluding hydrogens is 266 g/mol. The minimum atomic E-state index is -0.347. The van der Waals surface area contributed by atoms with Crippen molar-refractivity contribution < 1.29 is 14.6 Å². The molecule has 0 atom stereocenters. The number of esters is 1. The Morgan fingerprint density at radius 3 is 2.62 bits per heavy atom. The van der Waals surface area contributed by atoms with Gasteiger partial charge in [0.15, 0.2) is 0 Å². The quantitative estimate of drug-likeness (QED) is 0.863. The average molecular weight is 289 g/mol. The largest absolute Gasteiger partial charge is 0.506 e. The van der Waals surface area contributed by atoms with Gasteiger partial charge in [0.2, 0.25) is 0 Å². The molecular formula is C17H23NO3. The Bertz CT molecular complexity index is 531. The van der Waals surface area contributed by atoms with E-state index in [0.29, 0.717) is 18.1 Å². The lowest BCUT2D eigenvalue weighted by molar-refractivity contribution is 0.0526. The second kappa shape index (κ2) is 5.96. The monoisotopic (exact) mass is 289 g/mol. The second-order valence-corrected chi connectivity index (χ2v) is 5.98. The molecule has 0 aromatic heterocycles. The van der Waals surface area contributed by atoms with E-state index in [9.17, 15) is 9.90 Å². The smallest absolute Gasteiger partial charge is 0.338 e. The van der Waals surface area contributed by atoms with Gasteiger partial charge in [-0.3, -0.25) is 0 Å². The molecule has 1 saturated heterocycles. The van der Waals surface area contributed by atoms with Crippen molar-refractivity contribution in [3.05, 3.63) is 23.3 Å². The van der Waals surface area contributed by atoms with Gasteiger partial charge in [0.1, 0.15) is 5.75 Å². The standard InChI is InChI=1S/C17H23NO3/c1-2-21-17(20)13-10-14(12-6-7-12)16(15(19)11-13)18-8-4-3-5-9-18/h10-12,19H,2-9H2,1H3. The van der Waals surface area contributed by atoms with Gasteiger partial charge in [-0.05, 0) is 62.6 Å².